The van der Waals surface area contributed by atoms with Crippen LogP contribution in [-0.4, -0.2) is 39.3 Å². The van der Waals surface area contributed by atoms with Gasteiger partial charge in [-0.25, -0.2) is 9.97 Å². The molecular weight excluding hydrogens is 298 g/mol. The van der Waals surface area contributed by atoms with E-state index in [9.17, 15) is 0 Å². The van der Waals surface area contributed by atoms with Crippen LogP contribution in [0.15, 0.2) is 11.3 Å². The number of nitrogens with one attached hydrogen (secondary N) is 2. The lowest BCUT2D eigenvalue weighted by molar-refractivity contribution is 0.672. The Morgan fingerprint density at radius 3 is 2.82 bits per heavy atom. The van der Waals surface area contributed by atoms with Gasteiger partial charge in [-0.3, -0.25) is 9.67 Å². The molecule has 7 nitrogen and oxygen atoms in total. The quantitative estimate of drug-likeness (QED) is 0.614. The Hall–Kier alpha value is -1.96. The maximum atomic E-state index is 4.65. The van der Waals surface area contributed by atoms with Gasteiger partial charge in [-0.1, -0.05) is 6.92 Å². The number of hydrogen-bond acceptors (Lipinski definition) is 5. The van der Waals surface area contributed by atoms with Gasteiger partial charge in [0.25, 0.3) is 0 Å². The summed E-state index contributed by atoms with van der Waals surface area (Å²) < 4.78 is 1.74. The Labute approximate surface area is 134 Å². The summed E-state index contributed by atoms with van der Waals surface area (Å²) in [5, 5.41) is 11.7. The van der Waals surface area contributed by atoms with Gasteiger partial charge in [-0.15, -0.1) is 11.3 Å². The number of aromatic nitrogens is 4. The van der Waals surface area contributed by atoms with Crippen LogP contribution in [-0.2, 0) is 26.4 Å². The van der Waals surface area contributed by atoms with E-state index in [1.54, 1.807) is 29.4 Å². The lowest BCUT2D eigenvalue weighted by atomic mass is 10.3. The Bertz CT molecular complexity index is 629. The summed E-state index contributed by atoms with van der Waals surface area (Å²) in [6.45, 7) is 5.66. The largest absolute Gasteiger partial charge is 0.356 e. The van der Waals surface area contributed by atoms with Crippen LogP contribution in [0.4, 0.5) is 0 Å². The molecule has 120 valence electrons. The molecule has 0 aromatic carbocycles. The van der Waals surface area contributed by atoms with E-state index in [-0.39, 0.29) is 0 Å². The fourth-order valence-corrected chi connectivity index (χ4v) is 3.10. The third-order valence-corrected chi connectivity index (χ3v) is 4.42. The van der Waals surface area contributed by atoms with E-state index in [4.69, 9.17) is 0 Å². The first-order valence-electron chi connectivity index (χ1n) is 7.36. The second kappa shape index (κ2) is 7.88. The van der Waals surface area contributed by atoms with E-state index in [0.29, 0.717) is 6.54 Å². The minimum Gasteiger partial charge on any atom is -0.356 e. The average Bonchev–Trinajstić information content (AvgIpc) is 3.08. The van der Waals surface area contributed by atoms with Gasteiger partial charge in [0, 0.05) is 31.9 Å². The van der Waals surface area contributed by atoms with Crippen molar-refractivity contribution in [2.24, 2.45) is 12.0 Å². The van der Waals surface area contributed by atoms with E-state index in [2.05, 4.69) is 44.5 Å². The molecule has 0 bridgehead atoms. The van der Waals surface area contributed by atoms with Gasteiger partial charge in [0.15, 0.2) is 5.96 Å². The second-order valence-corrected chi connectivity index (χ2v) is 6.15. The highest BCUT2D eigenvalue weighted by molar-refractivity contribution is 7.11. The number of guanidine groups is 1. The summed E-state index contributed by atoms with van der Waals surface area (Å²) in [5.74, 6) is 1.62. The topological polar surface area (TPSA) is 80.0 Å². The SMILES string of the molecule is CCc1nc(CCNC(=NC)NCc2ncnn2C)sc1C. The van der Waals surface area contributed by atoms with Crippen molar-refractivity contribution >= 4 is 17.3 Å². The first-order chi connectivity index (χ1) is 10.6. The zero-order valence-electron chi connectivity index (χ0n) is 13.6. The van der Waals surface area contributed by atoms with Crippen LogP contribution in [0.3, 0.4) is 0 Å². The van der Waals surface area contributed by atoms with E-state index in [1.807, 2.05) is 7.05 Å². The summed E-state index contributed by atoms with van der Waals surface area (Å²) in [6.07, 6.45) is 3.44. The van der Waals surface area contributed by atoms with Crippen molar-refractivity contribution in [3.8, 4) is 0 Å². The van der Waals surface area contributed by atoms with E-state index < -0.39 is 0 Å². The molecule has 0 aliphatic carbocycles. The summed E-state index contributed by atoms with van der Waals surface area (Å²) in [5.41, 5.74) is 1.21. The molecule has 2 aromatic rings. The van der Waals surface area contributed by atoms with Gasteiger partial charge >= 0.3 is 0 Å². The number of thiazole rings is 1. The number of aryl methyl sites for hydroxylation is 3. The predicted molar refractivity (Wildman–Crippen MR) is 89.1 cm³/mol. The third kappa shape index (κ3) is 4.27. The lowest BCUT2D eigenvalue weighted by Gasteiger charge is -2.10. The van der Waals surface area contributed by atoms with Crippen LogP contribution in [0.5, 0.6) is 0 Å². The maximum absolute atomic E-state index is 4.65. The normalized spacial score (nSPS) is 11.7. The highest BCUT2D eigenvalue weighted by atomic mass is 32.1. The first kappa shape index (κ1) is 16.4. The van der Waals surface area contributed by atoms with Crippen LogP contribution in [0, 0.1) is 6.92 Å². The van der Waals surface area contributed by atoms with Crippen molar-refractivity contribution in [2.75, 3.05) is 13.6 Å². The Morgan fingerprint density at radius 1 is 1.41 bits per heavy atom. The van der Waals surface area contributed by atoms with Crippen molar-refractivity contribution < 1.29 is 0 Å². The fraction of sp³-hybridized carbons (Fsp3) is 0.571. The van der Waals surface area contributed by atoms with E-state index in [0.717, 1.165) is 31.2 Å². The smallest absolute Gasteiger partial charge is 0.191 e. The van der Waals surface area contributed by atoms with Gasteiger partial charge in [0.05, 0.1) is 17.2 Å². The van der Waals surface area contributed by atoms with Gasteiger partial charge in [-0.2, -0.15) is 5.10 Å². The molecule has 2 heterocycles. The van der Waals surface area contributed by atoms with Crippen molar-refractivity contribution in [2.45, 2.75) is 33.2 Å². The summed E-state index contributed by atoms with van der Waals surface area (Å²) in [6, 6.07) is 0. The van der Waals surface area contributed by atoms with Crippen molar-refractivity contribution in [3.63, 3.8) is 0 Å². The molecule has 2 aromatic heterocycles. The molecular formula is C14H23N7S. The minimum atomic E-state index is 0.590. The molecule has 0 amide bonds. The molecule has 0 fully saturated rings. The molecule has 2 N–H and O–H groups in total. The summed E-state index contributed by atoms with van der Waals surface area (Å²) >= 11 is 1.78. The average molecular weight is 321 g/mol. The molecule has 0 aliphatic heterocycles. The van der Waals surface area contributed by atoms with Crippen molar-refractivity contribution in [1.82, 2.24) is 30.4 Å². The van der Waals surface area contributed by atoms with Crippen molar-refractivity contribution in [3.05, 3.63) is 27.7 Å². The Balaban J connectivity index is 1.77. The summed E-state index contributed by atoms with van der Waals surface area (Å²) in [7, 11) is 3.63. The first-order valence-corrected chi connectivity index (χ1v) is 8.18. The molecule has 0 saturated carbocycles. The van der Waals surface area contributed by atoms with E-state index in [1.165, 1.54) is 15.6 Å². The molecule has 0 spiro atoms. The number of hydrogen-bond donors (Lipinski definition) is 2. The minimum absolute atomic E-state index is 0.590. The molecule has 0 unspecified atom stereocenters. The Kier molecular flexibility index (Phi) is 5.88. The predicted octanol–water partition coefficient (Wildman–Crippen LogP) is 1.05. The van der Waals surface area contributed by atoms with Crippen molar-refractivity contribution in [1.29, 1.82) is 0 Å². The molecule has 2 rings (SSSR count). The zero-order chi connectivity index (χ0) is 15.9. The maximum Gasteiger partial charge on any atom is 0.191 e. The van der Waals surface area contributed by atoms with Gasteiger partial charge < -0.3 is 10.6 Å². The molecule has 0 saturated heterocycles. The Morgan fingerprint density at radius 2 is 2.23 bits per heavy atom. The highest BCUT2D eigenvalue weighted by Crippen LogP contribution is 2.17. The lowest BCUT2D eigenvalue weighted by Crippen LogP contribution is -2.38. The second-order valence-electron chi connectivity index (χ2n) is 4.87. The van der Waals surface area contributed by atoms with Crippen LogP contribution >= 0.6 is 11.3 Å². The number of aliphatic imine (C=N–C) groups is 1. The van der Waals surface area contributed by atoms with Gasteiger partial charge in [0.2, 0.25) is 0 Å². The highest BCUT2D eigenvalue weighted by Gasteiger charge is 2.06. The van der Waals surface area contributed by atoms with Crippen LogP contribution in [0.25, 0.3) is 0 Å². The van der Waals surface area contributed by atoms with Gasteiger partial charge in [0.1, 0.15) is 12.2 Å². The molecule has 0 radical (unpaired) electrons. The molecule has 8 heteroatoms. The molecule has 0 atom stereocenters. The summed E-state index contributed by atoms with van der Waals surface area (Å²) in [4.78, 5) is 14.3. The number of rotatable bonds is 6. The zero-order valence-corrected chi connectivity index (χ0v) is 14.4. The van der Waals surface area contributed by atoms with Gasteiger partial charge in [-0.05, 0) is 13.3 Å². The van der Waals surface area contributed by atoms with E-state index >= 15 is 0 Å². The van der Waals surface area contributed by atoms with Crippen LogP contribution in [0.1, 0.15) is 28.3 Å². The fourth-order valence-electron chi connectivity index (χ4n) is 2.07. The van der Waals surface area contributed by atoms with Crippen LogP contribution in [0.2, 0.25) is 0 Å². The number of nitrogens with zero attached hydrogens (tertiary/aromatic N) is 5. The standard InChI is InChI=1S/C14H23N7S/c1-5-11-10(2)22-13(20-11)6-7-16-14(15-3)17-8-12-18-9-19-21(12)4/h9H,5-8H2,1-4H3,(H2,15,16,17). The van der Waals surface area contributed by atoms with Crippen LogP contribution < -0.4 is 10.6 Å². The molecule has 0 aliphatic rings. The monoisotopic (exact) mass is 321 g/mol. The third-order valence-electron chi connectivity index (χ3n) is 3.35. The molecule has 22 heavy (non-hydrogen) atoms.